The van der Waals surface area contributed by atoms with E-state index in [0.717, 1.165) is 51.9 Å². The lowest BCUT2D eigenvalue weighted by atomic mass is 9.92. The fourth-order valence-electron chi connectivity index (χ4n) is 2.82. The Hall–Kier alpha value is -0.650. The molecule has 0 radical (unpaired) electrons. The molecule has 1 aliphatic carbocycles. The zero-order valence-corrected chi connectivity index (χ0v) is 11.2. The standard InChI is InChI=1S/C13H25N3O2/c1-10(16-8-6-14-7-9-16)13(18)15-11-4-2-3-5-12(11)17/h10-12,14,17H,2-9H2,1H3,(H,15,18). The minimum atomic E-state index is -0.363. The molecule has 0 bridgehead atoms. The molecule has 0 aromatic heterocycles. The fraction of sp³-hybridized carbons (Fsp3) is 0.923. The summed E-state index contributed by atoms with van der Waals surface area (Å²) in [5.74, 6) is 0.0582. The van der Waals surface area contributed by atoms with Gasteiger partial charge in [0.15, 0.2) is 0 Å². The highest BCUT2D eigenvalue weighted by molar-refractivity contribution is 5.81. The van der Waals surface area contributed by atoms with Gasteiger partial charge in [0.2, 0.25) is 5.91 Å². The lowest BCUT2D eigenvalue weighted by Gasteiger charge is -2.34. The van der Waals surface area contributed by atoms with Crippen LogP contribution in [0.5, 0.6) is 0 Å². The van der Waals surface area contributed by atoms with Gasteiger partial charge in [-0.25, -0.2) is 0 Å². The fourth-order valence-corrected chi connectivity index (χ4v) is 2.82. The van der Waals surface area contributed by atoms with Gasteiger partial charge in [0, 0.05) is 26.2 Å². The molecule has 2 rings (SSSR count). The van der Waals surface area contributed by atoms with Crippen molar-refractivity contribution in [3.8, 4) is 0 Å². The van der Waals surface area contributed by atoms with Gasteiger partial charge >= 0.3 is 0 Å². The summed E-state index contributed by atoms with van der Waals surface area (Å²) in [5, 5.41) is 16.2. The van der Waals surface area contributed by atoms with E-state index in [9.17, 15) is 9.90 Å². The van der Waals surface area contributed by atoms with E-state index in [2.05, 4.69) is 15.5 Å². The van der Waals surface area contributed by atoms with Crippen molar-refractivity contribution in [2.24, 2.45) is 0 Å². The number of nitrogens with zero attached hydrogens (tertiary/aromatic N) is 1. The first-order valence-corrected chi connectivity index (χ1v) is 7.11. The molecule has 104 valence electrons. The predicted octanol–water partition coefficient (Wildman–Crippen LogP) is -0.300. The van der Waals surface area contributed by atoms with Crippen LogP contribution in [0.2, 0.25) is 0 Å². The van der Waals surface area contributed by atoms with Crippen LogP contribution in [0, 0.1) is 0 Å². The van der Waals surface area contributed by atoms with Crippen LogP contribution in [0.25, 0.3) is 0 Å². The lowest BCUT2D eigenvalue weighted by Crippen LogP contribution is -2.55. The van der Waals surface area contributed by atoms with Crippen LogP contribution in [0.3, 0.4) is 0 Å². The van der Waals surface area contributed by atoms with Gasteiger partial charge in [-0.2, -0.15) is 0 Å². The second-order valence-corrected chi connectivity index (χ2v) is 5.43. The molecule has 0 spiro atoms. The SMILES string of the molecule is CC(C(=O)NC1CCCCC1O)N1CCNCC1. The molecule has 1 heterocycles. The van der Waals surface area contributed by atoms with E-state index in [4.69, 9.17) is 0 Å². The molecule has 0 aromatic carbocycles. The van der Waals surface area contributed by atoms with E-state index in [-0.39, 0.29) is 24.1 Å². The number of carbonyl (C=O) groups is 1. The minimum absolute atomic E-state index is 0.0448. The Kier molecular flexibility index (Phi) is 4.97. The van der Waals surface area contributed by atoms with Gasteiger partial charge in [-0.3, -0.25) is 9.69 Å². The normalized spacial score (nSPS) is 31.9. The van der Waals surface area contributed by atoms with Crippen LogP contribution >= 0.6 is 0 Å². The van der Waals surface area contributed by atoms with Crippen molar-refractivity contribution in [1.82, 2.24) is 15.5 Å². The van der Waals surface area contributed by atoms with E-state index in [1.165, 1.54) is 0 Å². The van der Waals surface area contributed by atoms with Crippen LogP contribution in [-0.2, 0) is 4.79 Å². The molecular weight excluding hydrogens is 230 g/mol. The predicted molar refractivity (Wildman–Crippen MR) is 70.3 cm³/mol. The number of aliphatic hydroxyl groups excluding tert-OH is 1. The first-order chi connectivity index (χ1) is 8.68. The van der Waals surface area contributed by atoms with Crippen LogP contribution in [0.1, 0.15) is 32.6 Å². The number of carbonyl (C=O) groups excluding carboxylic acids is 1. The van der Waals surface area contributed by atoms with Crippen molar-refractivity contribution < 1.29 is 9.90 Å². The van der Waals surface area contributed by atoms with Crippen LogP contribution in [-0.4, -0.2) is 60.3 Å². The Bertz CT molecular complexity index is 279. The minimum Gasteiger partial charge on any atom is -0.391 e. The summed E-state index contributed by atoms with van der Waals surface area (Å²) in [5.41, 5.74) is 0. The Morgan fingerprint density at radius 1 is 1.33 bits per heavy atom. The van der Waals surface area contributed by atoms with E-state index in [1.54, 1.807) is 0 Å². The topological polar surface area (TPSA) is 64.6 Å². The summed E-state index contributed by atoms with van der Waals surface area (Å²) >= 11 is 0. The van der Waals surface area contributed by atoms with Gasteiger partial charge in [-0.05, 0) is 19.8 Å². The molecule has 18 heavy (non-hydrogen) atoms. The van der Waals surface area contributed by atoms with E-state index in [1.807, 2.05) is 6.92 Å². The number of hydrogen-bond donors (Lipinski definition) is 3. The number of nitrogens with one attached hydrogen (secondary N) is 2. The van der Waals surface area contributed by atoms with Crippen molar-refractivity contribution >= 4 is 5.91 Å². The van der Waals surface area contributed by atoms with Gasteiger partial charge in [-0.15, -0.1) is 0 Å². The van der Waals surface area contributed by atoms with Gasteiger partial charge in [-0.1, -0.05) is 12.8 Å². The zero-order chi connectivity index (χ0) is 13.0. The van der Waals surface area contributed by atoms with Gasteiger partial charge in [0.1, 0.15) is 0 Å². The first-order valence-electron chi connectivity index (χ1n) is 7.11. The maximum absolute atomic E-state index is 12.2. The molecule has 3 N–H and O–H groups in total. The summed E-state index contributed by atoms with van der Waals surface area (Å²) in [4.78, 5) is 14.4. The molecule has 1 saturated heterocycles. The largest absolute Gasteiger partial charge is 0.391 e. The summed E-state index contributed by atoms with van der Waals surface area (Å²) in [7, 11) is 0. The van der Waals surface area contributed by atoms with Crippen LogP contribution in [0.15, 0.2) is 0 Å². The van der Waals surface area contributed by atoms with Gasteiger partial charge < -0.3 is 15.7 Å². The first kappa shape index (κ1) is 13.8. The van der Waals surface area contributed by atoms with Gasteiger partial charge in [0.25, 0.3) is 0 Å². The zero-order valence-electron chi connectivity index (χ0n) is 11.2. The molecule has 1 saturated carbocycles. The van der Waals surface area contributed by atoms with Crippen molar-refractivity contribution in [3.05, 3.63) is 0 Å². The molecule has 5 heteroatoms. The lowest BCUT2D eigenvalue weighted by molar-refractivity contribution is -0.128. The quantitative estimate of drug-likeness (QED) is 0.648. The molecular formula is C13H25N3O2. The second kappa shape index (κ2) is 6.50. The summed E-state index contributed by atoms with van der Waals surface area (Å²) in [6.07, 6.45) is 3.52. The highest BCUT2D eigenvalue weighted by Crippen LogP contribution is 2.18. The maximum Gasteiger partial charge on any atom is 0.237 e. The molecule has 3 unspecified atom stereocenters. The molecule has 3 atom stereocenters. The molecule has 1 amide bonds. The molecule has 5 nitrogen and oxygen atoms in total. The number of aliphatic hydroxyl groups is 1. The Labute approximate surface area is 109 Å². The van der Waals surface area contributed by atoms with E-state index < -0.39 is 0 Å². The van der Waals surface area contributed by atoms with Crippen LogP contribution < -0.4 is 10.6 Å². The van der Waals surface area contributed by atoms with Crippen LogP contribution in [0.4, 0.5) is 0 Å². The summed E-state index contributed by atoms with van der Waals surface area (Å²) in [6.45, 7) is 5.69. The average Bonchev–Trinajstić information content (AvgIpc) is 2.41. The molecule has 2 aliphatic rings. The third-order valence-electron chi connectivity index (χ3n) is 4.14. The van der Waals surface area contributed by atoms with Crippen molar-refractivity contribution in [2.45, 2.75) is 50.8 Å². The Morgan fingerprint density at radius 3 is 2.67 bits per heavy atom. The smallest absolute Gasteiger partial charge is 0.237 e. The molecule has 0 aromatic rings. The average molecular weight is 255 g/mol. The molecule has 2 fully saturated rings. The Balaban J connectivity index is 1.82. The monoisotopic (exact) mass is 255 g/mol. The maximum atomic E-state index is 12.2. The van der Waals surface area contributed by atoms with Crippen molar-refractivity contribution in [2.75, 3.05) is 26.2 Å². The van der Waals surface area contributed by atoms with E-state index >= 15 is 0 Å². The van der Waals surface area contributed by atoms with Gasteiger partial charge in [0.05, 0.1) is 18.2 Å². The summed E-state index contributed by atoms with van der Waals surface area (Å²) < 4.78 is 0. The third kappa shape index (κ3) is 3.43. The highest BCUT2D eigenvalue weighted by atomic mass is 16.3. The number of amides is 1. The highest BCUT2D eigenvalue weighted by Gasteiger charge is 2.28. The van der Waals surface area contributed by atoms with E-state index in [0.29, 0.717) is 0 Å². The number of rotatable bonds is 3. The Morgan fingerprint density at radius 2 is 2.00 bits per heavy atom. The van der Waals surface area contributed by atoms with Crippen molar-refractivity contribution in [3.63, 3.8) is 0 Å². The summed E-state index contributed by atoms with van der Waals surface area (Å²) in [6, 6.07) is -0.141. The second-order valence-electron chi connectivity index (χ2n) is 5.43. The number of hydrogen-bond acceptors (Lipinski definition) is 4. The number of piperazine rings is 1. The third-order valence-corrected chi connectivity index (χ3v) is 4.14. The molecule has 1 aliphatic heterocycles. The van der Waals surface area contributed by atoms with Crippen molar-refractivity contribution in [1.29, 1.82) is 0 Å².